The van der Waals surface area contributed by atoms with E-state index in [4.69, 9.17) is 20.3 Å². The summed E-state index contributed by atoms with van der Waals surface area (Å²) in [5.74, 6) is 1.29. The van der Waals surface area contributed by atoms with Crippen molar-refractivity contribution < 1.29 is 14.6 Å². The van der Waals surface area contributed by atoms with E-state index in [1.54, 1.807) is 14.2 Å². The number of aryl methyl sites for hydroxylation is 2. The lowest BCUT2D eigenvalue weighted by Crippen LogP contribution is -2.17. The van der Waals surface area contributed by atoms with Gasteiger partial charge in [-0.25, -0.2) is 0 Å². The zero-order valence-corrected chi connectivity index (χ0v) is 10.2. The van der Waals surface area contributed by atoms with Crippen molar-refractivity contribution in [3.63, 3.8) is 0 Å². The maximum Gasteiger partial charge on any atom is 0.166 e. The largest absolute Gasteiger partial charge is 0.493 e. The van der Waals surface area contributed by atoms with Crippen LogP contribution in [0.2, 0.25) is 0 Å². The van der Waals surface area contributed by atoms with Gasteiger partial charge in [-0.3, -0.25) is 0 Å². The lowest BCUT2D eigenvalue weighted by Gasteiger charge is -2.20. The summed E-state index contributed by atoms with van der Waals surface area (Å²) in [5, 5.41) is 9.14. The van der Waals surface area contributed by atoms with E-state index in [1.165, 1.54) is 0 Å². The Labute approximate surface area is 96.0 Å². The van der Waals surface area contributed by atoms with Crippen LogP contribution in [0.1, 0.15) is 22.7 Å². The summed E-state index contributed by atoms with van der Waals surface area (Å²) < 4.78 is 10.6. The fourth-order valence-corrected chi connectivity index (χ4v) is 1.96. The van der Waals surface area contributed by atoms with Gasteiger partial charge >= 0.3 is 0 Å². The Bertz CT molecular complexity index is 377. The summed E-state index contributed by atoms with van der Waals surface area (Å²) in [4.78, 5) is 0. The van der Waals surface area contributed by atoms with Crippen LogP contribution in [0.25, 0.3) is 0 Å². The molecular weight excluding hydrogens is 206 g/mol. The van der Waals surface area contributed by atoms with Gasteiger partial charge in [-0.15, -0.1) is 0 Å². The molecule has 0 aliphatic rings. The normalized spacial score (nSPS) is 12.4. The molecular formula is C12H19NO3. The van der Waals surface area contributed by atoms with E-state index in [0.717, 1.165) is 16.7 Å². The third-order valence-electron chi connectivity index (χ3n) is 2.64. The van der Waals surface area contributed by atoms with Crippen molar-refractivity contribution in [3.8, 4) is 11.5 Å². The highest BCUT2D eigenvalue weighted by Gasteiger charge is 2.20. The Morgan fingerprint density at radius 2 is 1.75 bits per heavy atom. The second-order valence-corrected chi connectivity index (χ2v) is 3.78. The van der Waals surface area contributed by atoms with Gasteiger partial charge < -0.3 is 20.3 Å². The van der Waals surface area contributed by atoms with Crippen LogP contribution in [-0.2, 0) is 0 Å². The summed E-state index contributed by atoms with van der Waals surface area (Å²) >= 11 is 0. The highest BCUT2D eigenvalue weighted by atomic mass is 16.5. The number of nitrogens with two attached hydrogens (primary N) is 1. The lowest BCUT2D eigenvalue weighted by atomic mass is 9.97. The summed E-state index contributed by atoms with van der Waals surface area (Å²) in [6, 6.07) is 1.52. The maximum atomic E-state index is 9.14. The zero-order chi connectivity index (χ0) is 12.3. The molecule has 1 atom stereocenters. The monoisotopic (exact) mass is 225 g/mol. The van der Waals surface area contributed by atoms with Crippen LogP contribution in [0.3, 0.4) is 0 Å². The molecule has 90 valence electrons. The first-order valence-corrected chi connectivity index (χ1v) is 5.15. The molecule has 0 aliphatic heterocycles. The van der Waals surface area contributed by atoms with Gasteiger partial charge in [-0.2, -0.15) is 0 Å². The number of aliphatic hydroxyl groups is 1. The maximum absolute atomic E-state index is 9.14. The predicted molar refractivity (Wildman–Crippen MR) is 63.0 cm³/mol. The standard InChI is InChI=1S/C12H19NO3/c1-7-5-8(2)11(15-3)12(16-4)10(7)9(13)6-14/h5,9,14H,6,13H2,1-4H3. The fourth-order valence-electron chi connectivity index (χ4n) is 1.96. The van der Waals surface area contributed by atoms with Crippen LogP contribution < -0.4 is 15.2 Å². The van der Waals surface area contributed by atoms with Crippen molar-refractivity contribution >= 4 is 0 Å². The number of methoxy groups -OCH3 is 2. The third kappa shape index (κ3) is 2.13. The van der Waals surface area contributed by atoms with Crippen molar-refractivity contribution in [2.24, 2.45) is 5.73 Å². The van der Waals surface area contributed by atoms with Crippen LogP contribution in [-0.4, -0.2) is 25.9 Å². The average Bonchev–Trinajstić information content (AvgIpc) is 2.27. The van der Waals surface area contributed by atoms with Crippen LogP contribution in [0, 0.1) is 13.8 Å². The number of hydrogen-bond acceptors (Lipinski definition) is 4. The molecule has 0 amide bonds. The Morgan fingerprint density at radius 3 is 2.19 bits per heavy atom. The first-order valence-electron chi connectivity index (χ1n) is 5.15. The molecule has 1 aromatic carbocycles. The minimum absolute atomic E-state index is 0.122. The molecule has 0 aromatic heterocycles. The molecule has 1 unspecified atom stereocenters. The van der Waals surface area contributed by atoms with E-state index in [2.05, 4.69) is 0 Å². The smallest absolute Gasteiger partial charge is 0.166 e. The van der Waals surface area contributed by atoms with Gasteiger partial charge in [-0.1, -0.05) is 6.07 Å². The molecule has 0 spiro atoms. The molecule has 0 aliphatic carbocycles. The Morgan fingerprint density at radius 1 is 1.19 bits per heavy atom. The molecule has 0 fully saturated rings. The number of aliphatic hydroxyl groups excluding tert-OH is 1. The summed E-state index contributed by atoms with van der Waals surface area (Å²) in [7, 11) is 3.17. The van der Waals surface area contributed by atoms with Crippen molar-refractivity contribution in [1.82, 2.24) is 0 Å². The van der Waals surface area contributed by atoms with Crippen LogP contribution in [0.15, 0.2) is 6.07 Å². The Hall–Kier alpha value is -1.26. The van der Waals surface area contributed by atoms with Crippen LogP contribution in [0.4, 0.5) is 0 Å². The lowest BCUT2D eigenvalue weighted by molar-refractivity contribution is 0.262. The second-order valence-electron chi connectivity index (χ2n) is 3.78. The molecule has 4 heteroatoms. The number of rotatable bonds is 4. The zero-order valence-electron chi connectivity index (χ0n) is 10.2. The molecule has 0 saturated heterocycles. The molecule has 4 nitrogen and oxygen atoms in total. The predicted octanol–water partition coefficient (Wildman–Crippen LogP) is 1.31. The highest BCUT2D eigenvalue weighted by molar-refractivity contribution is 5.56. The van der Waals surface area contributed by atoms with E-state index in [1.807, 2.05) is 19.9 Å². The van der Waals surface area contributed by atoms with E-state index < -0.39 is 6.04 Å². The molecule has 0 saturated carbocycles. The van der Waals surface area contributed by atoms with Gasteiger partial charge in [0.05, 0.1) is 26.9 Å². The summed E-state index contributed by atoms with van der Waals surface area (Å²) in [6.45, 7) is 3.77. The van der Waals surface area contributed by atoms with Crippen molar-refractivity contribution in [1.29, 1.82) is 0 Å². The molecule has 0 heterocycles. The van der Waals surface area contributed by atoms with Crippen LogP contribution >= 0.6 is 0 Å². The molecule has 0 radical (unpaired) electrons. The van der Waals surface area contributed by atoms with E-state index in [0.29, 0.717) is 11.5 Å². The first kappa shape index (κ1) is 12.8. The summed E-state index contributed by atoms with van der Waals surface area (Å²) in [6.07, 6.45) is 0. The first-order chi connectivity index (χ1) is 7.56. The molecule has 1 aromatic rings. The van der Waals surface area contributed by atoms with Gasteiger partial charge in [0.15, 0.2) is 11.5 Å². The van der Waals surface area contributed by atoms with Gasteiger partial charge in [0.1, 0.15) is 0 Å². The number of ether oxygens (including phenoxy) is 2. The quantitative estimate of drug-likeness (QED) is 0.811. The van der Waals surface area contributed by atoms with Crippen molar-refractivity contribution in [2.75, 3.05) is 20.8 Å². The van der Waals surface area contributed by atoms with Gasteiger partial charge in [0.2, 0.25) is 0 Å². The minimum Gasteiger partial charge on any atom is -0.493 e. The molecule has 1 rings (SSSR count). The molecule has 0 bridgehead atoms. The van der Waals surface area contributed by atoms with E-state index in [9.17, 15) is 0 Å². The fraction of sp³-hybridized carbons (Fsp3) is 0.500. The van der Waals surface area contributed by atoms with E-state index >= 15 is 0 Å². The van der Waals surface area contributed by atoms with Gasteiger partial charge in [-0.05, 0) is 25.0 Å². The number of benzene rings is 1. The SMILES string of the molecule is COc1c(C)cc(C)c(C(N)CO)c1OC. The highest BCUT2D eigenvalue weighted by Crippen LogP contribution is 2.39. The van der Waals surface area contributed by atoms with Crippen molar-refractivity contribution in [2.45, 2.75) is 19.9 Å². The third-order valence-corrected chi connectivity index (χ3v) is 2.64. The Balaban J connectivity index is 3.45. The van der Waals surface area contributed by atoms with E-state index in [-0.39, 0.29) is 6.61 Å². The topological polar surface area (TPSA) is 64.7 Å². The average molecular weight is 225 g/mol. The van der Waals surface area contributed by atoms with Gasteiger partial charge in [0.25, 0.3) is 0 Å². The second kappa shape index (κ2) is 5.18. The summed E-state index contributed by atoms with van der Waals surface area (Å²) in [5.41, 5.74) is 8.65. The van der Waals surface area contributed by atoms with Gasteiger partial charge in [0, 0.05) is 5.56 Å². The molecule has 16 heavy (non-hydrogen) atoms. The van der Waals surface area contributed by atoms with Crippen molar-refractivity contribution in [3.05, 3.63) is 22.8 Å². The molecule has 3 N–H and O–H groups in total. The number of hydrogen-bond donors (Lipinski definition) is 2. The Kier molecular flexibility index (Phi) is 4.15. The minimum atomic E-state index is -0.454. The van der Waals surface area contributed by atoms with Crippen LogP contribution in [0.5, 0.6) is 11.5 Å².